The van der Waals surface area contributed by atoms with E-state index >= 15 is 0 Å². The molecule has 0 fully saturated rings. The van der Waals surface area contributed by atoms with Crippen LogP contribution in [0.4, 0.5) is 0 Å². The molecule has 0 bridgehead atoms. The summed E-state index contributed by atoms with van der Waals surface area (Å²) in [5, 5.41) is 7.50. The second-order valence-corrected chi connectivity index (χ2v) is 3.80. The molecule has 0 aliphatic heterocycles. The molecular weight excluding hydrogens is 198 g/mol. The highest BCUT2D eigenvalue weighted by molar-refractivity contribution is 6.17. The van der Waals surface area contributed by atoms with Crippen LogP contribution in [-0.4, -0.2) is 28.8 Å². The molecular formula is C10H18ClN3. The maximum absolute atomic E-state index is 5.57. The third-order valence-corrected chi connectivity index (χ3v) is 2.35. The van der Waals surface area contributed by atoms with Crippen LogP contribution in [0.3, 0.4) is 0 Å². The second-order valence-electron chi connectivity index (χ2n) is 3.42. The van der Waals surface area contributed by atoms with Crippen LogP contribution in [0.2, 0.25) is 0 Å². The van der Waals surface area contributed by atoms with Crippen molar-refractivity contribution in [1.29, 1.82) is 0 Å². The Labute approximate surface area is 90.4 Å². The van der Waals surface area contributed by atoms with Gasteiger partial charge in [-0.3, -0.25) is 4.68 Å². The molecule has 0 aliphatic carbocycles. The SMILES string of the molecule is Cn1cc(CCNCCCCCl)cn1. The van der Waals surface area contributed by atoms with Crippen molar-refractivity contribution in [3.05, 3.63) is 18.0 Å². The molecule has 0 aromatic carbocycles. The third-order valence-electron chi connectivity index (χ3n) is 2.09. The number of aryl methyl sites for hydroxylation is 1. The zero-order valence-corrected chi connectivity index (χ0v) is 9.43. The highest BCUT2D eigenvalue weighted by Gasteiger charge is 1.95. The van der Waals surface area contributed by atoms with Gasteiger partial charge in [-0.1, -0.05) is 0 Å². The lowest BCUT2D eigenvalue weighted by atomic mass is 10.2. The zero-order chi connectivity index (χ0) is 10.2. The molecule has 1 aromatic rings. The van der Waals surface area contributed by atoms with Crippen LogP contribution >= 0.6 is 11.6 Å². The first-order valence-electron chi connectivity index (χ1n) is 5.07. The lowest BCUT2D eigenvalue weighted by Gasteiger charge is -2.01. The third kappa shape index (κ3) is 4.63. The topological polar surface area (TPSA) is 29.9 Å². The molecule has 0 spiro atoms. The molecule has 0 atom stereocenters. The smallest absolute Gasteiger partial charge is 0.0522 e. The summed E-state index contributed by atoms with van der Waals surface area (Å²) in [5.74, 6) is 0.768. The van der Waals surface area contributed by atoms with Crippen molar-refractivity contribution < 1.29 is 0 Å². The predicted molar refractivity (Wildman–Crippen MR) is 59.7 cm³/mol. The van der Waals surface area contributed by atoms with Crippen LogP contribution < -0.4 is 5.32 Å². The van der Waals surface area contributed by atoms with Crippen molar-refractivity contribution in [3.8, 4) is 0 Å². The van der Waals surface area contributed by atoms with Crippen LogP contribution in [0.25, 0.3) is 0 Å². The van der Waals surface area contributed by atoms with Crippen molar-refractivity contribution in [2.75, 3.05) is 19.0 Å². The Morgan fingerprint density at radius 3 is 2.93 bits per heavy atom. The number of unbranched alkanes of at least 4 members (excludes halogenated alkanes) is 1. The molecule has 1 rings (SSSR count). The van der Waals surface area contributed by atoms with E-state index in [4.69, 9.17) is 11.6 Å². The quantitative estimate of drug-likeness (QED) is 0.553. The Morgan fingerprint density at radius 2 is 2.29 bits per heavy atom. The molecule has 1 aromatic heterocycles. The molecule has 14 heavy (non-hydrogen) atoms. The first-order chi connectivity index (χ1) is 6.83. The van der Waals surface area contributed by atoms with Crippen molar-refractivity contribution in [2.45, 2.75) is 19.3 Å². The number of hydrogen-bond donors (Lipinski definition) is 1. The van der Waals surface area contributed by atoms with Gasteiger partial charge in [0.2, 0.25) is 0 Å². The number of rotatable bonds is 7. The largest absolute Gasteiger partial charge is 0.316 e. The number of aromatic nitrogens is 2. The zero-order valence-electron chi connectivity index (χ0n) is 8.67. The Hall–Kier alpha value is -0.540. The van der Waals surface area contributed by atoms with Gasteiger partial charge in [0, 0.05) is 19.1 Å². The molecule has 4 heteroatoms. The minimum atomic E-state index is 0.768. The molecule has 0 amide bonds. The normalized spacial score (nSPS) is 10.7. The number of nitrogens with zero attached hydrogens (tertiary/aromatic N) is 2. The predicted octanol–water partition coefficient (Wildman–Crippen LogP) is 1.57. The van der Waals surface area contributed by atoms with Crippen molar-refractivity contribution in [2.24, 2.45) is 7.05 Å². The molecule has 0 radical (unpaired) electrons. The van der Waals surface area contributed by atoms with Gasteiger partial charge >= 0.3 is 0 Å². The highest BCUT2D eigenvalue weighted by atomic mass is 35.5. The average molecular weight is 216 g/mol. The Bertz CT molecular complexity index is 247. The maximum atomic E-state index is 5.57. The Morgan fingerprint density at radius 1 is 1.43 bits per heavy atom. The van der Waals surface area contributed by atoms with E-state index in [1.807, 2.05) is 17.9 Å². The van der Waals surface area contributed by atoms with E-state index in [9.17, 15) is 0 Å². The van der Waals surface area contributed by atoms with E-state index in [1.54, 1.807) is 0 Å². The van der Waals surface area contributed by atoms with E-state index in [0.717, 1.165) is 38.2 Å². The maximum Gasteiger partial charge on any atom is 0.0522 e. The lowest BCUT2D eigenvalue weighted by molar-refractivity contribution is 0.641. The molecule has 0 aliphatic rings. The van der Waals surface area contributed by atoms with Crippen LogP contribution in [0.5, 0.6) is 0 Å². The van der Waals surface area contributed by atoms with Gasteiger partial charge in [-0.15, -0.1) is 11.6 Å². The first kappa shape index (κ1) is 11.5. The lowest BCUT2D eigenvalue weighted by Crippen LogP contribution is -2.18. The molecule has 0 unspecified atom stereocenters. The van der Waals surface area contributed by atoms with Gasteiger partial charge in [-0.05, 0) is 37.9 Å². The average Bonchev–Trinajstić information content (AvgIpc) is 2.58. The Kier molecular flexibility index (Phi) is 5.64. The molecule has 80 valence electrons. The molecule has 1 N–H and O–H groups in total. The number of hydrogen-bond acceptors (Lipinski definition) is 2. The fourth-order valence-electron chi connectivity index (χ4n) is 1.30. The standard InChI is InChI=1S/C10H18ClN3/c1-14-9-10(8-13-14)4-7-12-6-3-2-5-11/h8-9,12H,2-7H2,1H3. The van der Waals surface area contributed by atoms with Crippen molar-refractivity contribution in [3.63, 3.8) is 0 Å². The number of nitrogens with one attached hydrogen (secondary N) is 1. The number of alkyl halides is 1. The van der Waals surface area contributed by atoms with E-state index in [0.29, 0.717) is 0 Å². The van der Waals surface area contributed by atoms with Gasteiger partial charge in [0.25, 0.3) is 0 Å². The van der Waals surface area contributed by atoms with E-state index in [1.165, 1.54) is 5.56 Å². The van der Waals surface area contributed by atoms with Gasteiger partial charge in [0.05, 0.1) is 6.20 Å². The number of halogens is 1. The van der Waals surface area contributed by atoms with Crippen LogP contribution in [-0.2, 0) is 13.5 Å². The van der Waals surface area contributed by atoms with Crippen molar-refractivity contribution in [1.82, 2.24) is 15.1 Å². The van der Waals surface area contributed by atoms with Gasteiger partial charge in [-0.25, -0.2) is 0 Å². The van der Waals surface area contributed by atoms with Crippen molar-refractivity contribution >= 4 is 11.6 Å². The summed E-state index contributed by atoms with van der Waals surface area (Å²) in [6, 6.07) is 0. The Balaban J connectivity index is 1.99. The first-order valence-corrected chi connectivity index (χ1v) is 5.60. The fraction of sp³-hybridized carbons (Fsp3) is 0.700. The molecule has 0 saturated heterocycles. The van der Waals surface area contributed by atoms with E-state index < -0.39 is 0 Å². The minimum Gasteiger partial charge on any atom is -0.316 e. The van der Waals surface area contributed by atoms with E-state index in [2.05, 4.69) is 16.6 Å². The highest BCUT2D eigenvalue weighted by Crippen LogP contribution is 1.96. The van der Waals surface area contributed by atoms with Crippen LogP contribution in [0, 0.1) is 0 Å². The summed E-state index contributed by atoms with van der Waals surface area (Å²) in [7, 11) is 1.94. The summed E-state index contributed by atoms with van der Waals surface area (Å²) >= 11 is 5.57. The molecule has 1 heterocycles. The summed E-state index contributed by atoms with van der Waals surface area (Å²) in [5.41, 5.74) is 1.29. The van der Waals surface area contributed by atoms with Gasteiger partial charge < -0.3 is 5.32 Å². The fourth-order valence-corrected chi connectivity index (χ4v) is 1.49. The summed E-state index contributed by atoms with van der Waals surface area (Å²) in [4.78, 5) is 0. The van der Waals surface area contributed by atoms with Gasteiger partial charge in [-0.2, -0.15) is 5.10 Å². The summed E-state index contributed by atoms with van der Waals surface area (Å²) in [6.45, 7) is 2.08. The van der Waals surface area contributed by atoms with Crippen LogP contribution in [0.1, 0.15) is 18.4 Å². The van der Waals surface area contributed by atoms with Gasteiger partial charge in [0.15, 0.2) is 0 Å². The van der Waals surface area contributed by atoms with E-state index in [-0.39, 0.29) is 0 Å². The molecule has 0 saturated carbocycles. The monoisotopic (exact) mass is 215 g/mol. The van der Waals surface area contributed by atoms with Gasteiger partial charge in [0.1, 0.15) is 0 Å². The molecule has 3 nitrogen and oxygen atoms in total. The van der Waals surface area contributed by atoms with Crippen LogP contribution in [0.15, 0.2) is 12.4 Å². The second kappa shape index (κ2) is 6.85. The summed E-state index contributed by atoms with van der Waals surface area (Å²) < 4.78 is 1.84. The summed E-state index contributed by atoms with van der Waals surface area (Å²) in [6.07, 6.45) is 7.29. The minimum absolute atomic E-state index is 0.768.